The number of benzene rings is 2. The fourth-order valence-corrected chi connectivity index (χ4v) is 3.92. The predicted molar refractivity (Wildman–Crippen MR) is 99.4 cm³/mol. The quantitative estimate of drug-likeness (QED) is 0.642. The molecule has 0 saturated heterocycles. The standard InChI is InChI=1S/C22H20F2N2O/c23-17-10-11-18(24)19(12-17)26-22(27)20(15-6-7-15)21(16-8-9-16)25(26)13-14-4-2-1-3-5-14/h1-5,10-12,15-16H,6-9,13H2. The lowest BCUT2D eigenvalue weighted by atomic mass is 10.1. The van der Waals surface area contributed by atoms with E-state index in [9.17, 15) is 13.6 Å². The molecule has 5 heteroatoms. The van der Waals surface area contributed by atoms with Crippen LogP contribution in [0.25, 0.3) is 5.69 Å². The van der Waals surface area contributed by atoms with Gasteiger partial charge in [-0.15, -0.1) is 0 Å². The minimum atomic E-state index is -0.588. The molecule has 27 heavy (non-hydrogen) atoms. The molecule has 0 atom stereocenters. The Morgan fingerprint density at radius 3 is 2.30 bits per heavy atom. The summed E-state index contributed by atoms with van der Waals surface area (Å²) in [5.41, 5.74) is 2.67. The first kappa shape index (κ1) is 16.5. The predicted octanol–water partition coefficient (Wildman–Crippen LogP) is 4.72. The molecule has 2 saturated carbocycles. The first-order valence-corrected chi connectivity index (χ1v) is 9.48. The van der Waals surface area contributed by atoms with Crippen molar-refractivity contribution in [2.24, 2.45) is 0 Å². The van der Waals surface area contributed by atoms with Gasteiger partial charge >= 0.3 is 0 Å². The Morgan fingerprint density at radius 2 is 1.63 bits per heavy atom. The summed E-state index contributed by atoms with van der Waals surface area (Å²) in [5, 5.41) is 0. The Kier molecular flexibility index (Phi) is 3.78. The molecule has 3 nitrogen and oxygen atoms in total. The van der Waals surface area contributed by atoms with E-state index in [1.165, 1.54) is 4.68 Å². The van der Waals surface area contributed by atoms with Gasteiger partial charge in [-0.25, -0.2) is 13.5 Å². The van der Waals surface area contributed by atoms with Crippen molar-refractivity contribution < 1.29 is 8.78 Å². The van der Waals surface area contributed by atoms with Crippen LogP contribution < -0.4 is 5.56 Å². The van der Waals surface area contributed by atoms with E-state index < -0.39 is 11.6 Å². The van der Waals surface area contributed by atoms with Crippen LogP contribution in [0.2, 0.25) is 0 Å². The highest BCUT2D eigenvalue weighted by Crippen LogP contribution is 2.48. The van der Waals surface area contributed by atoms with Gasteiger partial charge in [-0.05, 0) is 49.3 Å². The minimum Gasteiger partial charge on any atom is -0.277 e. The van der Waals surface area contributed by atoms with Gasteiger partial charge in [0.2, 0.25) is 0 Å². The van der Waals surface area contributed by atoms with Gasteiger partial charge in [-0.2, -0.15) is 0 Å². The molecule has 2 fully saturated rings. The zero-order valence-electron chi connectivity index (χ0n) is 14.9. The van der Waals surface area contributed by atoms with Crippen molar-refractivity contribution in [3.05, 3.63) is 87.3 Å². The maximum absolute atomic E-state index is 14.6. The lowest BCUT2D eigenvalue weighted by Crippen LogP contribution is -2.24. The Labute approximate surface area is 155 Å². The largest absolute Gasteiger partial charge is 0.277 e. The Balaban J connectivity index is 1.77. The van der Waals surface area contributed by atoms with Gasteiger partial charge in [0, 0.05) is 23.2 Å². The van der Waals surface area contributed by atoms with Gasteiger partial charge in [0.25, 0.3) is 5.56 Å². The summed E-state index contributed by atoms with van der Waals surface area (Å²) in [4.78, 5) is 13.3. The van der Waals surface area contributed by atoms with Crippen LogP contribution in [-0.4, -0.2) is 9.36 Å². The van der Waals surface area contributed by atoms with Crippen LogP contribution in [0.3, 0.4) is 0 Å². The van der Waals surface area contributed by atoms with Gasteiger partial charge in [0.05, 0.1) is 6.54 Å². The van der Waals surface area contributed by atoms with E-state index in [1.54, 1.807) is 0 Å². The normalized spacial score (nSPS) is 16.7. The topological polar surface area (TPSA) is 26.9 Å². The number of hydrogen-bond acceptors (Lipinski definition) is 1. The maximum atomic E-state index is 14.6. The lowest BCUT2D eigenvalue weighted by molar-refractivity contribution is 0.529. The average molecular weight is 366 g/mol. The van der Waals surface area contributed by atoms with Crippen molar-refractivity contribution in [2.75, 3.05) is 0 Å². The molecule has 1 aromatic heterocycles. The van der Waals surface area contributed by atoms with E-state index in [0.717, 1.165) is 60.7 Å². The molecule has 0 bridgehead atoms. The molecule has 1 heterocycles. The summed E-state index contributed by atoms with van der Waals surface area (Å²) >= 11 is 0. The van der Waals surface area contributed by atoms with Crippen LogP contribution in [-0.2, 0) is 6.54 Å². The fraction of sp³-hybridized carbons (Fsp3) is 0.318. The summed E-state index contributed by atoms with van der Waals surface area (Å²) in [6.07, 6.45) is 4.08. The molecular formula is C22H20F2N2O. The van der Waals surface area contributed by atoms with E-state index in [2.05, 4.69) is 0 Å². The van der Waals surface area contributed by atoms with E-state index in [-0.39, 0.29) is 17.2 Å². The summed E-state index contributed by atoms with van der Waals surface area (Å²) in [7, 11) is 0. The van der Waals surface area contributed by atoms with E-state index in [1.807, 2.05) is 35.0 Å². The lowest BCUT2D eigenvalue weighted by Gasteiger charge is -2.16. The van der Waals surface area contributed by atoms with Crippen LogP contribution >= 0.6 is 0 Å². The minimum absolute atomic E-state index is 0.00951. The van der Waals surface area contributed by atoms with Crippen LogP contribution in [0.5, 0.6) is 0 Å². The van der Waals surface area contributed by atoms with Crippen LogP contribution in [0.4, 0.5) is 8.78 Å². The van der Waals surface area contributed by atoms with Crippen LogP contribution in [0.1, 0.15) is 54.3 Å². The molecule has 0 aliphatic heterocycles. The Bertz CT molecular complexity index is 1060. The molecule has 5 rings (SSSR count). The number of nitrogens with zero attached hydrogens (tertiary/aromatic N) is 2. The Hall–Kier alpha value is -2.69. The highest BCUT2D eigenvalue weighted by Gasteiger charge is 2.40. The Morgan fingerprint density at radius 1 is 0.926 bits per heavy atom. The number of rotatable bonds is 5. The molecule has 3 aromatic rings. The molecule has 0 spiro atoms. The van der Waals surface area contributed by atoms with Crippen molar-refractivity contribution >= 4 is 0 Å². The van der Waals surface area contributed by atoms with Crippen molar-refractivity contribution in [2.45, 2.75) is 44.1 Å². The maximum Gasteiger partial charge on any atom is 0.275 e. The van der Waals surface area contributed by atoms with Crippen molar-refractivity contribution in [1.29, 1.82) is 0 Å². The summed E-state index contributed by atoms with van der Waals surface area (Å²) in [6, 6.07) is 13.1. The smallest absolute Gasteiger partial charge is 0.275 e. The fourth-order valence-electron chi connectivity index (χ4n) is 3.92. The van der Waals surface area contributed by atoms with Gasteiger partial charge in [0.1, 0.15) is 17.3 Å². The number of halogens is 2. The van der Waals surface area contributed by atoms with Gasteiger partial charge in [-0.3, -0.25) is 9.48 Å². The monoisotopic (exact) mass is 366 g/mol. The molecular weight excluding hydrogens is 346 g/mol. The van der Waals surface area contributed by atoms with Crippen molar-refractivity contribution in [1.82, 2.24) is 9.36 Å². The highest BCUT2D eigenvalue weighted by molar-refractivity contribution is 5.40. The second-order valence-electron chi connectivity index (χ2n) is 7.60. The highest BCUT2D eigenvalue weighted by atomic mass is 19.1. The first-order chi connectivity index (χ1) is 13.1. The van der Waals surface area contributed by atoms with Crippen LogP contribution in [0, 0.1) is 11.6 Å². The third-order valence-electron chi connectivity index (χ3n) is 5.48. The SMILES string of the molecule is O=c1c(C2CC2)c(C2CC2)n(Cc2ccccc2)n1-c1cc(F)ccc1F. The summed E-state index contributed by atoms with van der Waals surface area (Å²) in [5.74, 6) is -0.537. The zero-order valence-corrected chi connectivity index (χ0v) is 14.9. The van der Waals surface area contributed by atoms with E-state index in [4.69, 9.17) is 0 Å². The first-order valence-electron chi connectivity index (χ1n) is 9.48. The molecule has 0 amide bonds. The average Bonchev–Trinajstić information content (AvgIpc) is 3.57. The molecule has 0 N–H and O–H groups in total. The second kappa shape index (κ2) is 6.19. The number of aromatic nitrogens is 2. The van der Waals surface area contributed by atoms with Gasteiger partial charge in [-0.1, -0.05) is 30.3 Å². The number of hydrogen-bond donors (Lipinski definition) is 0. The molecule has 2 aliphatic rings. The third-order valence-corrected chi connectivity index (χ3v) is 5.48. The molecule has 138 valence electrons. The van der Waals surface area contributed by atoms with Crippen LogP contribution in [0.15, 0.2) is 53.3 Å². The third kappa shape index (κ3) is 2.91. The van der Waals surface area contributed by atoms with E-state index in [0.29, 0.717) is 12.5 Å². The summed E-state index contributed by atoms with van der Waals surface area (Å²) in [6.45, 7) is 0.463. The van der Waals surface area contributed by atoms with Crippen molar-refractivity contribution in [3.63, 3.8) is 0 Å². The molecule has 0 unspecified atom stereocenters. The van der Waals surface area contributed by atoms with Crippen molar-refractivity contribution in [3.8, 4) is 5.69 Å². The molecule has 0 radical (unpaired) electrons. The second-order valence-corrected chi connectivity index (χ2v) is 7.60. The van der Waals surface area contributed by atoms with Gasteiger partial charge < -0.3 is 0 Å². The summed E-state index contributed by atoms with van der Waals surface area (Å²) < 4.78 is 31.7. The van der Waals surface area contributed by atoms with E-state index >= 15 is 0 Å². The van der Waals surface area contributed by atoms with Gasteiger partial charge in [0.15, 0.2) is 0 Å². The molecule has 2 aromatic carbocycles. The zero-order chi connectivity index (χ0) is 18.5. The molecule has 2 aliphatic carbocycles.